The summed E-state index contributed by atoms with van der Waals surface area (Å²) in [6, 6.07) is -0.149. The minimum absolute atomic E-state index is 0.149. The van der Waals surface area contributed by atoms with Crippen molar-refractivity contribution >= 4 is 16.0 Å². The van der Waals surface area contributed by atoms with Crippen LogP contribution >= 0.6 is 0 Å². The summed E-state index contributed by atoms with van der Waals surface area (Å²) in [5.41, 5.74) is 0. The smallest absolute Gasteiger partial charge is 0.320 e. The Morgan fingerprint density at radius 3 is 2.71 bits per heavy atom. The van der Waals surface area contributed by atoms with E-state index >= 15 is 0 Å². The molecule has 14 heavy (non-hydrogen) atoms. The lowest BCUT2D eigenvalue weighted by Gasteiger charge is -2.11. The zero-order valence-corrected chi connectivity index (χ0v) is 8.75. The molecule has 1 fully saturated rings. The first kappa shape index (κ1) is 11.4. The Balaban J connectivity index is 2.47. The highest BCUT2D eigenvalue weighted by atomic mass is 32.2. The Hall–Kier alpha value is -0.660. The third kappa shape index (κ3) is 3.60. The van der Waals surface area contributed by atoms with Gasteiger partial charge in [-0.2, -0.15) is 0 Å². The first-order valence-electron chi connectivity index (χ1n) is 4.29. The molecular weight excluding hydrogens is 208 g/mol. The molecule has 1 aliphatic heterocycles. The van der Waals surface area contributed by atoms with E-state index in [1.54, 1.807) is 0 Å². The summed E-state index contributed by atoms with van der Waals surface area (Å²) >= 11 is 0. The van der Waals surface area contributed by atoms with Crippen LogP contribution in [0.3, 0.4) is 0 Å². The zero-order chi connectivity index (χ0) is 10.8. The van der Waals surface area contributed by atoms with Gasteiger partial charge in [-0.1, -0.05) is 0 Å². The lowest BCUT2D eigenvalue weighted by Crippen LogP contribution is -2.39. The summed E-state index contributed by atoms with van der Waals surface area (Å²) in [6.45, 7) is 1.47. The molecule has 82 valence electrons. The summed E-state index contributed by atoms with van der Waals surface area (Å²) in [7, 11) is -1.77. The third-order valence-electron chi connectivity index (χ3n) is 2.05. The summed E-state index contributed by atoms with van der Waals surface area (Å²) in [6.07, 6.45) is 0.731. The molecule has 0 aromatic heterocycles. The number of sulfonamides is 1. The van der Waals surface area contributed by atoms with Crippen molar-refractivity contribution in [2.45, 2.75) is 12.5 Å². The Labute approximate surface area is 82.9 Å². The summed E-state index contributed by atoms with van der Waals surface area (Å²) in [4.78, 5) is 12.2. The number of nitrogens with one attached hydrogen (secondary N) is 1. The summed E-state index contributed by atoms with van der Waals surface area (Å²) in [5.74, 6) is -2.18. The van der Waals surface area contributed by atoms with E-state index in [9.17, 15) is 13.2 Å². The van der Waals surface area contributed by atoms with E-state index in [2.05, 4.69) is 4.72 Å². The number of carboxylic acid groups (broad SMARTS) is 1. The van der Waals surface area contributed by atoms with Crippen LogP contribution in [0.4, 0.5) is 0 Å². The van der Waals surface area contributed by atoms with Crippen molar-refractivity contribution in [1.29, 1.82) is 0 Å². The van der Waals surface area contributed by atoms with Crippen molar-refractivity contribution in [3.05, 3.63) is 0 Å². The Kier molecular flexibility index (Phi) is 3.46. The number of aliphatic carboxylic acids is 1. The highest BCUT2D eigenvalue weighted by molar-refractivity contribution is 7.90. The van der Waals surface area contributed by atoms with Crippen LogP contribution in [-0.4, -0.2) is 56.3 Å². The van der Waals surface area contributed by atoms with Gasteiger partial charge in [0.25, 0.3) is 0 Å². The van der Waals surface area contributed by atoms with Crippen molar-refractivity contribution in [3.8, 4) is 0 Å². The van der Waals surface area contributed by atoms with Gasteiger partial charge in [0, 0.05) is 12.6 Å². The Morgan fingerprint density at radius 2 is 2.29 bits per heavy atom. The lowest BCUT2D eigenvalue weighted by atomic mass is 10.3. The number of rotatable bonds is 4. The fraction of sp³-hybridized carbons (Fsp3) is 0.857. The molecule has 1 rings (SSSR count). The first-order chi connectivity index (χ1) is 6.39. The second kappa shape index (κ2) is 4.24. The predicted molar refractivity (Wildman–Crippen MR) is 50.5 cm³/mol. The van der Waals surface area contributed by atoms with Gasteiger partial charge >= 0.3 is 5.97 Å². The minimum Gasteiger partial charge on any atom is -0.480 e. The molecule has 0 aliphatic carbocycles. The van der Waals surface area contributed by atoms with E-state index in [0.29, 0.717) is 6.54 Å². The second-order valence-electron chi connectivity index (χ2n) is 3.52. The van der Waals surface area contributed by atoms with E-state index in [1.807, 2.05) is 11.9 Å². The van der Waals surface area contributed by atoms with Gasteiger partial charge in [0.2, 0.25) is 10.0 Å². The molecule has 0 spiro atoms. The molecule has 1 heterocycles. The van der Waals surface area contributed by atoms with Crippen LogP contribution in [0.1, 0.15) is 6.42 Å². The largest absolute Gasteiger partial charge is 0.480 e. The minimum atomic E-state index is -3.66. The van der Waals surface area contributed by atoms with Crippen LogP contribution in [0, 0.1) is 0 Å². The second-order valence-corrected chi connectivity index (χ2v) is 5.27. The number of carbonyl (C=O) groups is 1. The molecule has 0 bridgehead atoms. The SMILES string of the molecule is CN1CCC(NS(=O)(=O)CC(=O)O)C1. The summed E-state index contributed by atoms with van der Waals surface area (Å²) < 4.78 is 24.8. The normalized spacial score (nSPS) is 23.9. The maximum atomic E-state index is 11.2. The average molecular weight is 222 g/mol. The average Bonchev–Trinajstić information content (AvgIpc) is 2.30. The fourth-order valence-corrected chi connectivity index (χ4v) is 2.60. The van der Waals surface area contributed by atoms with Crippen molar-refractivity contribution in [3.63, 3.8) is 0 Å². The van der Waals surface area contributed by atoms with Gasteiger partial charge in [-0.15, -0.1) is 0 Å². The first-order valence-corrected chi connectivity index (χ1v) is 5.94. The number of carboxylic acids is 1. The van der Waals surface area contributed by atoms with Crippen LogP contribution in [0.15, 0.2) is 0 Å². The molecule has 1 saturated heterocycles. The van der Waals surface area contributed by atoms with Crippen molar-refractivity contribution in [2.75, 3.05) is 25.9 Å². The van der Waals surface area contributed by atoms with E-state index in [0.717, 1.165) is 13.0 Å². The third-order valence-corrected chi connectivity index (χ3v) is 3.37. The molecule has 2 N–H and O–H groups in total. The van der Waals surface area contributed by atoms with Crippen LogP contribution in [0.2, 0.25) is 0 Å². The number of nitrogens with zero attached hydrogens (tertiary/aromatic N) is 1. The van der Waals surface area contributed by atoms with Crippen molar-refractivity contribution in [2.24, 2.45) is 0 Å². The lowest BCUT2D eigenvalue weighted by molar-refractivity contribution is -0.134. The Morgan fingerprint density at radius 1 is 1.64 bits per heavy atom. The maximum absolute atomic E-state index is 11.2. The predicted octanol–water partition coefficient (Wildman–Crippen LogP) is -1.31. The fourth-order valence-electron chi connectivity index (χ4n) is 1.49. The van der Waals surface area contributed by atoms with E-state index in [-0.39, 0.29) is 6.04 Å². The van der Waals surface area contributed by atoms with Crippen LogP contribution in [0.5, 0.6) is 0 Å². The van der Waals surface area contributed by atoms with Gasteiger partial charge in [-0.25, -0.2) is 13.1 Å². The maximum Gasteiger partial charge on any atom is 0.320 e. The van der Waals surface area contributed by atoms with E-state index in [4.69, 9.17) is 5.11 Å². The van der Waals surface area contributed by atoms with Gasteiger partial charge in [0.15, 0.2) is 5.75 Å². The standard InChI is InChI=1S/C7H14N2O4S/c1-9-3-2-6(4-9)8-14(12,13)5-7(10)11/h6,8H,2-5H2,1H3,(H,10,11). The van der Waals surface area contributed by atoms with E-state index < -0.39 is 21.7 Å². The van der Waals surface area contributed by atoms with E-state index in [1.165, 1.54) is 0 Å². The monoisotopic (exact) mass is 222 g/mol. The van der Waals surface area contributed by atoms with Gasteiger partial charge in [-0.3, -0.25) is 4.79 Å². The molecule has 0 saturated carbocycles. The number of likely N-dealkylation sites (N-methyl/N-ethyl adjacent to an activating group) is 1. The van der Waals surface area contributed by atoms with Crippen molar-refractivity contribution < 1.29 is 18.3 Å². The molecule has 6 nitrogen and oxygen atoms in total. The topological polar surface area (TPSA) is 86.7 Å². The van der Waals surface area contributed by atoms with Crippen LogP contribution in [0.25, 0.3) is 0 Å². The van der Waals surface area contributed by atoms with Gasteiger partial charge in [0.05, 0.1) is 0 Å². The number of likely N-dealkylation sites (tertiary alicyclic amines) is 1. The molecule has 0 radical (unpaired) electrons. The Bertz CT molecular complexity index is 314. The molecular formula is C7H14N2O4S. The van der Waals surface area contributed by atoms with Crippen LogP contribution < -0.4 is 4.72 Å². The van der Waals surface area contributed by atoms with Gasteiger partial charge in [-0.05, 0) is 20.0 Å². The highest BCUT2D eigenvalue weighted by Gasteiger charge is 2.25. The molecule has 0 amide bonds. The molecule has 1 unspecified atom stereocenters. The quantitative estimate of drug-likeness (QED) is 0.617. The highest BCUT2D eigenvalue weighted by Crippen LogP contribution is 2.07. The molecule has 1 aliphatic rings. The van der Waals surface area contributed by atoms with Crippen molar-refractivity contribution in [1.82, 2.24) is 9.62 Å². The zero-order valence-electron chi connectivity index (χ0n) is 7.93. The molecule has 0 aromatic carbocycles. The molecule has 7 heteroatoms. The number of hydrogen-bond donors (Lipinski definition) is 2. The molecule has 1 atom stereocenters. The van der Waals surface area contributed by atoms with Gasteiger partial charge < -0.3 is 10.0 Å². The molecule has 0 aromatic rings. The van der Waals surface area contributed by atoms with Crippen LogP contribution in [-0.2, 0) is 14.8 Å². The number of hydrogen-bond acceptors (Lipinski definition) is 4. The van der Waals surface area contributed by atoms with Gasteiger partial charge in [0.1, 0.15) is 0 Å². The summed E-state index contributed by atoms with van der Waals surface area (Å²) in [5, 5.41) is 8.35.